The third-order valence-corrected chi connectivity index (χ3v) is 5.17. The summed E-state index contributed by atoms with van der Waals surface area (Å²) in [6, 6.07) is 15.8. The SMILES string of the molecule is Cc1cccc(COc2cccc(C(=O)N3CCC(N)C(C)(C)C3)c2)c1. The number of likely N-dealkylation sites (tertiary alicyclic amines) is 1. The molecule has 1 aliphatic rings. The number of amides is 1. The van der Waals surface area contributed by atoms with E-state index in [1.807, 2.05) is 41.3 Å². The smallest absolute Gasteiger partial charge is 0.254 e. The van der Waals surface area contributed by atoms with E-state index in [1.165, 1.54) is 5.56 Å². The van der Waals surface area contributed by atoms with E-state index >= 15 is 0 Å². The fourth-order valence-electron chi connectivity index (χ4n) is 3.42. The van der Waals surface area contributed by atoms with E-state index in [9.17, 15) is 4.79 Å². The number of nitrogens with two attached hydrogens (primary N) is 1. The largest absolute Gasteiger partial charge is 0.489 e. The zero-order valence-corrected chi connectivity index (χ0v) is 15.9. The van der Waals surface area contributed by atoms with E-state index < -0.39 is 0 Å². The highest BCUT2D eigenvalue weighted by atomic mass is 16.5. The maximum atomic E-state index is 12.9. The monoisotopic (exact) mass is 352 g/mol. The van der Waals surface area contributed by atoms with Crippen LogP contribution in [0.15, 0.2) is 48.5 Å². The standard InChI is InChI=1S/C22H28N2O2/c1-16-6-4-7-17(12-16)14-26-19-9-5-8-18(13-19)21(25)24-11-10-20(23)22(2,3)15-24/h4-9,12-13,20H,10-11,14-15,23H2,1-3H3. The lowest BCUT2D eigenvalue weighted by molar-refractivity contribution is 0.0532. The number of hydrogen-bond acceptors (Lipinski definition) is 3. The van der Waals surface area contributed by atoms with Crippen molar-refractivity contribution in [1.29, 1.82) is 0 Å². The molecule has 1 aliphatic heterocycles. The van der Waals surface area contributed by atoms with Gasteiger partial charge in [0.25, 0.3) is 5.91 Å². The highest BCUT2D eigenvalue weighted by Crippen LogP contribution is 2.29. The van der Waals surface area contributed by atoms with Gasteiger partial charge < -0.3 is 15.4 Å². The van der Waals surface area contributed by atoms with Gasteiger partial charge in [-0.3, -0.25) is 4.79 Å². The molecular formula is C22H28N2O2. The Kier molecular flexibility index (Phi) is 5.33. The zero-order valence-electron chi connectivity index (χ0n) is 15.9. The van der Waals surface area contributed by atoms with E-state index in [0.717, 1.165) is 12.0 Å². The van der Waals surface area contributed by atoms with Crippen molar-refractivity contribution in [2.24, 2.45) is 11.1 Å². The highest BCUT2D eigenvalue weighted by molar-refractivity contribution is 5.94. The number of carbonyl (C=O) groups excluding carboxylic acids is 1. The van der Waals surface area contributed by atoms with E-state index in [-0.39, 0.29) is 17.4 Å². The Morgan fingerprint density at radius 2 is 2.00 bits per heavy atom. The van der Waals surface area contributed by atoms with E-state index in [0.29, 0.717) is 31.0 Å². The van der Waals surface area contributed by atoms with Gasteiger partial charge in [0, 0.05) is 24.7 Å². The number of rotatable bonds is 4. The van der Waals surface area contributed by atoms with Crippen LogP contribution in [0.25, 0.3) is 0 Å². The molecule has 4 nitrogen and oxygen atoms in total. The second kappa shape index (κ2) is 7.50. The van der Waals surface area contributed by atoms with Crippen LogP contribution in [0.1, 0.15) is 41.8 Å². The van der Waals surface area contributed by atoms with E-state index in [2.05, 4.69) is 32.9 Å². The molecule has 1 fully saturated rings. The van der Waals surface area contributed by atoms with Crippen molar-refractivity contribution in [3.63, 3.8) is 0 Å². The van der Waals surface area contributed by atoms with Gasteiger partial charge in [-0.2, -0.15) is 0 Å². The van der Waals surface area contributed by atoms with Gasteiger partial charge in [-0.15, -0.1) is 0 Å². The lowest BCUT2D eigenvalue weighted by Crippen LogP contribution is -2.53. The molecule has 0 aromatic heterocycles. The van der Waals surface area contributed by atoms with Gasteiger partial charge in [0.15, 0.2) is 0 Å². The minimum absolute atomic E-state index is 0.0472. The molecule has 0 saturated carbocycles. The molecule has 2 aromatic carbocycles. The van der Waals surface area contributed by atoms with Crippen LogP contribution >= 0.6 is 0 Å². The molecule has 1 unspecified atom stereocenters. The minimum Gasteiger partial charge on any atom is -0.489 e. The predicted molar refractivity (Wildman–Crippen MR) is 104 cm³/mol. The molecule has 1 amide bonds. The van der Waals surface area contributed by atoms with Crippen LogP contribution in [0.3, 0.4) is 0 Å². The Bertz CT molecular complexity index is 785. The fraction of sp³-hybridized carbons (Fsp3) is 0.409. The molecule has 0 aliphatic carbocycles. The molecule has 4 heteroatoms. The average Bonchev–Trinajstić information content (AvgIpc) is 2.62. The van der Waals surface area contributed by atoms with Gasteiger partial charge in [0.2, 0.25) is 0 Å². The van der Waals surface area contributed by atoms with Gasteiger partial charge in [0.05, 0.1) is 0 Å². The first-order chi connectivity index (χ1) is 12.3. The van der Waals surface area contributed by atoms with E-state index in [1.54, 1.807) is 0 Å². The van der Waals surface area contributed by atoms with E-state index in [4.69, 9.17) is 10.5 Å². The van der Waals surface area contributed by atoms with Gasteiger partial charge in [-0.05, 0) is 42.5 Å². The first-order valence-corrected chi connectivity index (χ1v) is 9.18. The number of benzene rings is 2. The fourth-order valence-corrected chi connectivity index (χ4v) is 3.42. The van der Waals surface area contributed by atoms with Crippen molar-refractivity contribution in [2.75, 3.05) is 13.1 Å². The molecule has 1 heterocycles. The Morgan fingerprint density at radius 1 is 1.23 bits per heavy atom. The van der Waals surface area contributed by atoms with Gasteiger partial charge in [0.1, 0.15) is 12.4 Å². The van der Waals surface area contributed by atoms with Crippen LogP contribution < -0.4 is 10.5 Å². The van der Waals surface area contributed by atoms with Crippen LogP contribution in [0.5, 0.6) is 5.75 Å². The molecule has 138 valence electrons. The Morgan fingerprint density at radius 3 is 2.73 bits per heavy atom. The predicted octanol–water partition coefficient (Wildman–Crippen LogP) is 3.77. The van der Waals surface area contributed by atoms with Crippen molar-refractivity contribution >= 4 is 5.91 Å². The summed E-state index contributed by atoms with van der Waals surface area (Å²) in [4.78, 5) is 14.8. The van der Waals surface area contributed by atoms with Crippen molar-refractivity contribution in [3.05, 3.63) is 65.2 Å². The van der Waals surface area contributed by atoms with Crippen molar-refractivity contribution in [2.45, 2.75) is 39.8 Å². The molecule has 3 rings (SSSR count). The zero-order chi connectivity index (χ0) is 18.7. The third-order valence-electron chi connectivity index (χ3n) is 5.17. The summed E-state index contributed by atoms with van der Waals surface area (Å²) in [6.45, 7) is 8.19. The summed E-state index contributed by atoms with van der Waals surface area (Å²) in [5.74, 6) is 0.760. The lowest BCUT2D eigenvalue weighted by atomic mass is 9.79. The number of hydrogen-bond donors (Lipinski definition) is 1. The van der Waals surface area contributed by atoms with Crippen molar-refractivity contribution in [3.8, 4) is 5.75 Å². The maximum absolute atomic E-state index is 12.9. The number of carbonyl (C=O) groups is 1. The molecule has 2 N–H and O–H groups in total. The first kappa shape index (κ1) is 18.5. The van der Waals surface area contributed by atoms with Crippen molar-refractivity contribution < 1.29 is 9.53 Å². The number of nitrogens with zero attached hydrogens (tertiary/aromatic N) is 1. The third kappa shape index (κ3) is 4.25. The molecule has 0 spiro atoms. The molecule has 1 saturated heterocycles. The summed E-state index contributed by atoms with van der Waals surface area (Å²) in [7, 11) is 0. The lowest BCUT2D eigenvalue weighted by Gasteiger charge is -2.42. The average molecular weight is 352 g/mol. The number of aryl methyl sites for hydroxylation is 1. The summed E-state index contributed by atoms with van der Waals surface area (Å²) in [5.41, 5.74) is 9.12. The summed E-state index contributed by atoms with van der Waals surface area (Å²) in [6.07, 6.45) is 0.836. The van der Waals surface area contributed by atoms with Crippen LogP contribution in [0.2, 0.25) is 0 Å². The van der Waals surface area contributed by atoms with Crippen LogP contribution in [0.4, 0.5) is 0 Å². The second-order valence-corrected chi connectivity index (χ2v) is 7.92. The van der Waals surface area contributed by atoms with Gasteiger partial charge in [-0.25, -0.2) is 0 Å². The van der Waals surface area contributed by atoms with Crippen LogP contribution in [0, 0.1) is 12.3 Å². The molecule has 2 aromatic rings. The quantitative estimate of drug-likeness (QED) is 0.911. The Balaban J connectivity index is 1.68. The summed E-state index contributed by atoms with van der Waals surface area (Å²) < 4.78 is 5.89. The van der Waals surface area contributed by atoms with Gasteiger partial charge in [-0.1, -0.05) is 49.7 Å². The van der Waals surface area contributed by atoms with Gasteiger partial charge >= 0.3 is 0 Å². The summed E-state index contributed by atoms with van der Waals surface area (Å²) >= 11 is 0. The second-order valence-electron chi connectivity index (χ2n) is 7.92. The Hall–Kier alpha value is -2.33. The molecule has 0 bridgehead atoms. The minimum atomic E-state index is -0.0623. The molecule has 0 radical (unpaired) electrons. The van der Waals surface area contributed by atoms with Crippen molar-refractivity contribution in [1.82, 2.24) is 4.90 Å². The number of ether oxygens (including phenoxy) is 1. The maximum Gasteiger partial charge on any atom is 0.254 e. The summed E-state index contributed by atoms with van der Waals surface area (Å²) in [5, 5.41) is 0. The molecule has 26 heavy (non-hydrogen) atoms. The normalized spacial score (nSPS) is 19.2. The van der Waals surface area contributed by atoms with Crippen LogP contribution in [-0.2, 0) is 6.61 Å². The number of piperidine rings is 1. The molecular weight excluding hydrogens is 324 g/mol. The highest BCUT2D eigenvalue weighted by Gasteiger charge is 2.35. The van der Waals surface area contributed by atoms with Crippen LogP contribution in [-0.4, -0.2) is 29.9 Å². The molecule has 1 atom stereocenters. The Labute approximate surface area is 156 Å². The first-order valence-electron chi connectivity index (χ1n) is 9.18. The topological polar surface area (TPSA) is 55.6 Å².